The minimum Gasteiger partial charge on any atom is -0.393 e. The van der Waals surface area contributed by atoms with Crippen molar-refractivity contribution in [2.24, 2.45) is 5.92 Å². The first-order valence-corrected chi connectivity index (χ1v) is 6.10. The van der Waals surface area contributed by atoms with Crippen LogP contribution in [0, 0.1) is 5.92 Å². The van der Waals surface area contributed by atoms with Crippen LogP contribution >= 0.6 is 0 Å². The summed E-state index contributed by atoms with van der Waals surface area (Å²) in [4.78, 5) is 2.57. The van der Waals surface area contributed by atoms with Gasteiger partial charge in [0.2, 0.25) is 0 Å². The molecule has 0 amide bonds. The fourth-order valence-corrected chi connectivity index (χ4v) is 2.06. The van der Waals surface area contributed by atoms with Gasteiger partial charge in [0.1, 0.15) is 0 Å². The van der Waals surface area contributed by atoms with Gasteiger partial charge in [-0.15, -0.1) is 0 Å². The zero-order chi connectivity index (χ0) is 10.4. The van der Waals surface area contributed by atoms with Crippen molar-refractivity contribution in [1.82, 2.24) is 4.90 Å². The van der Waals surface area contributed by atoms with Crippen LogP contribution in [0.1, 0.15) is 46.0 Å². The minimum absolute atomic E-state index is 0.142. The standard InChI is InChI=1S/C12H25NO/c1-11(12(2)14)7-6-10-13-8-4-3-5-9-13/h11-12,14H,3-10H2,1-2H3/t11?,12-/m0/s1. The van der Waals surface area contributed by atoms with Gasteiger partial charge in [-0.2, -0.15) is 0 Å². The van der Waals surface area contributed by atoms with Gasteiger partial charge in [-0.1, -0.05) is 13.3 Å². The summed E-state index contributed by atoms with van der Waals surface area (Å²) in [7, 11) is 0. The van der Waals surface area contributed by atoms with Gasteiger partial charge in [0.05, 0.1) is 6.10 Å². The number of likely N-dealkylation sites (tertiary alicyclic amines) is 1. The largest absolute Gasteiger partial charge is 0.393 e. The van der Waals surface area contributed by atoms with Crippen LogP contribution < -0.4 is 0 Å². The number of rotatable bonds is 5. The Morgan fingerprint density at radius 3 is 2.36 bits per heavy atom. The molecule has 2 atom stereocenters. The lowest BCUT2D eigenvalue weighted by Gasteiger charge is -2.27. The zero-order valence-corrected chi connectivity index (χ0v) is 9.71. The van der Waals surface area contributed by atoms with Crippen LogP contribution in [0.5, 0.6) is 0 Å². The van der Waals surface area contributed by atoms with Gasteiger partial charge in [0.15, 0.2) is 0 Å². The van der Waals surface area contributed by atoms with Crippen LogP contribution in [0.25, 0.3) is 0 Å². The van der Waals surface area contributed by atoms with E-state index in [0.29, 0.717) is 5.92 Å². The molecule has 2 nitrogen and oxygen atoms in total. The number of nitrogens with zero attached hydrogens (tertiary/aromatic N) is 1. The fraction of sp³-hybridized carbons (Fsp3) is 1.00. The molecule has 0 aromatic carbocycles. The first kappa shape index (κ1) is 12.0. The average Bonchev–Trinajstić information content (AvgIpc) is 2.19. The number of piperidine rings is 1. The minimum atomic E-state index is -0.142. The van der Waals surface area contributed by atoms with Gasteiger partial charge in [-0.05, 0) is 58.2 Å². The summed E-state index contributed by atoms with van der Waals surface area (Å²) >= 11 is 0. The Kier molecular flexibility index (Phi) is 5.49. The molecule has 1 aliphatic rings. The molecule has 0 spiro atoms. The SMILES string of the molecule is CC(CCCN1CCCCC1)[C@H](C)O. The molecule has 2 heteroatoms. The molecule has 1 rings (SSSR count). The number of aliphatic hydroxyl groups is 1. The van der Waals surface area contributed by atoms with E-state index in [-0.39, 0.29) is 6.10 Å². The molecule has 14 heavy (non-hydrogen) atoms. The van der Waals surface area contributed by atoms with Gasteiger partial charge in [0, 0.05) is 0 Å². The van der Waals surface area contributed by atoms with E-state index in [1.165, 1.54) is 45.3 Å². The van der Waals surface area contributed by atoms with Gasteiger partial charge >= 0.3 is 0 Å². The number of aliphatic hydroxyl groups excluding tert-OH is 1. The average molecular weight is 199 g/mol. The lowest BCUT2D eigenvalue weighted by molar-refractivity contribution is 0.124. The van der Waals surface area contributed by atoms with E-state index in [1.807, 2.05) is 6.92 Å². The van der Waals surface area contributed by atoms with Crippen molar-refractivity contribution in [2.45, 2.75) is 52.1 Å². The quantitative estimate of drug-likeness (QED) is 0.734. The van der Waals surface area contributed by atoms with E-state index >= 15 is 0 Å². The maximum absolute atomic E-state index is 9.34. The first-order valence-electron chi connectivity index (χ1n) is 6.10. The molecule has 0 radical (unpaired) electrons. The predicted molar refractivity (Wildman–Crippen MR) is 60.4 cm³/mol. The van der Waals surface area contributed by atoms with Crippen molar-refractivity contribution >= 4 is 0 Å². The molecule has 0 aromatic heterocycles. The van der Waals surface area contributed by atoms with Crippen molar-refractivity contribution in [3.8, 4) is 0 Å². The Balaban J connectivity index is 2.02. The second kappa shape index (κ2) is 6.41. The van der Waals surface area contributed by atoms with Gasteiger partial charge < -0.3 is 10.0 Å². The second-order valence-corrected chi connectivity index (χ2v) is 4.76. The van der Waals surface area contributed by atoms with Crippen molar-refractivity contribution in [1.29, 1.82) is 0 Å². The van der Waals surface area contributed by atoms with E-state index in [2.05, 4.69) is 11.8 Å². The van der Waals surface area contributed by atoms with E-state index in [9.17, 15) is 5.11 Å². The molecule has 1 aliphatic heterocycles. The molecule has 1 unspecified atom stereocenters. The summed E-state index contributed by atoms with van der Waals surface area (Å²) in [6, 6.07) is 0. The Bertz CT molecular complexity index is 141. The molecule has 1 heterocycles. The monoisotopic (exact) mass is 199 g/mol. The summed E-state index contributed by atoms with van der Waals surface area (Å²) in [5, 5.41) is 9.34. The molecule has 0 bridgehead atoms. The van der Waals surface area contributed by atoms with Crippen LogP contribution in [0.2, 0.25) is 0 Å². The van der Waals surface area contributed by atoms with Crippen molar-refractivity contribution in [3.63, 3.8) is 0 Å². The van der Waals surface area contributed by atoms with E-state index < -0.39 is 0 Å². The lowest BCUT2D eigenvalue weighted by Crippen LogP contribution is -2.31. The maximum atomic E-state index is 9.34. The molecular weight excluding hydrogens is 174 g/mol. The van der Waals surface area contributed by atoms with Crippen molar-refractivity contribution in [3.05, 3.63) is 0 Å². The Morgan fingerprint density at radius 1 is 1.14 bits per heavy atom. The molecule has 1 N–H and O–H groups in total. The van der Waals surface area contributed by atoms with Gasteiger partial charge in [-0.3, -0.25) is 0 Å². The molecule has 0 saturated carbocycles. The molecule has 1 fully saturated rings. The third-order valence-electron chi connectivity index (χ3n) is 3.41. The maximum Gasteiger partial charge on any atom is 0.0537 e. The number of hydrogen-bond donors (Lipinski definition) is 1. The highest BCUT2D eigenvalue weighted by Crippen LogP contribution is 2.13. The summed E-state index contributed by atoms with van der Waals surface area (Å²) in [5.74, 6) is 0.458. The van der Waals surface area contributed by atoms with E-state index in [1.54, 1.807) is 0 Å². The highest BCUT2D eigenvalue weighted by Gasteiger charge is 2.12. The van der Waals surface area contributed by atoms with Gasteiger partial charge in [-0.25, -0.2) is 0 Å². The third kappa shape index (κ3) is 4.43. The normalized spacial score (nSPS) is 23.4. The summed E-state index contributed by atoms with van der Waals surface area (Å²) in [6.07, 6.45) is 6.44. The van der Waals surface area contributed by atoms with Crippen molar-refractivity contribution < 1.29 is 5.11 Å². The first-order chi connectivity index (χ1) is 6.70. The Morgan fingerprint density at radius 2 is 1.79 bits per heavy atom. The predicted octanol–water partition coefficient (Wildman–Crippen LogP) is 2.27. The second-order valence-electron chi connectivity index (χ2n) is 4.76. The van der Waals surface area contributed by atoms with Crippen LogP contribution in [0.15, 0.2) is 0 Å². The van der Waals surface area contributed by atoms with Gasteiger partial charge in [0.25, 0.3) is 0 Å². The summed E-state index contributed by atoms with van der Waals surface area (Å²) in [6.45, 7) is 7.86. The summed E-state index contributed by atoms with van der Waals surface area (Å²) < 4.78 is 0. The van der Waals surface area contributed by atoms with Crippen LogP contribution in [-0.4, -0.2) is 35.7 Å². The fourth-order valence-electron chi connectivity index (χ4n) is 2.06. The lowest BCUT2D eigenvalue weighted by atomic mass is 10.00. The van der Waals surface area contributed by atoms with E-state index in [4.69, 9.17) is 0 Å². The highest BCUT2D eigenvalue weighted by molar-refractivity contribution is 4.66. The summed E-state index contributed by atoms with van der Waals surface area (Å²) in [5.41, 5.74) is 0. The Labute approximate surface area is 88.3 Å². The molecular formula is C12H25NO. The van der Waals surface area contributed by atoms with Crippen LogP contribution in [-0.2, 0) is 0 Å². The topological polar surface area (TPSA) is 23.5 Å². The number of hydrogen-bond acceptors (Lipinski definition) is 2. The van der Waals surface area contributed by atoms with Crippen LogP contribution in [0.4, 0.5) is 0 Å². The van der Waals surface area contributed by atoms with Crippen molar-refractivity contribution in [2.75, 3.05) is 19.6 Å². The molecule has 84 valence electrons. The zero-order valence-electron chi connectivity index (χ0n) is 9.71. The highest BCUT2D eigenvalue weighted by atomic mass is 16.3. The smallest absolute Gasteiger partial charge is 0.0537 e. The molecule has 1 saturated heterocycles. The molecule has 0 aliphatic carbocycles. The molecule has 0 aromatic rings. The van der Waals surface area contributed by atoms with E-state index in [0.717, 1.165) is 6.42 Å². The van der Waals surface area contributed by atoms with Crippen LogP contribution in [0.3, 0.4) is 0 Å². The Hall–Kier alpha value is -0.0800. The third-order valence-corrected chi connectivity index (χ3v) is 3.41.